The molecule has 1 aromatic heterocycles. The average Bonchev–Trinajstić information content (AvgIpc) is 3.54. The van der Waals surface area contributed by atoms with Gasteiger partial charge < -0.3 is 19.1 Å². The molecule has 0 spiro atoms. The fourth-order valence-electron chi connectivity index (χ4n) is 4.03. The van der Waals surface area contributed by atoms with E-state index in [0.29, 0.717) is 41.7 Å². The summed E-state index contributed by atoms with van der Waals surface area (Å²) >= 11 is 0. The minimum absolute atomic E-state index is 0.103. The zero-order valence-electron chi connectivity index (χ0n) is 17.8. The molecule has 2 saturated carbocycles. The minimum atomic E-state index is -0.755. The number of aliphatic carboxylic acids is 1. The molecule has 0 saturated heterocycles. The highest BCUT2D eigenvalue weighted by atomic mass is 16.6. The van der Waals surface area contributed by atoms with Crippen LogP contribution in [0.5, 0.6) is 5.75 Å². The Bertz CT molecular complexity index is 934. The standard InChI is InChI=1S/C23H28N2O6/c1-13-20(24-23(28)29-14(2)15-6-7-15)21(31-25-13)16-8-10-18(11-9-16)30-19-5-3-4-17(12-19)22(26)27/h8-11,14-15,17,19H,3-7,12H2,1-2H3,(H,24,28)(H,26,27)/t14-,17?,19?/m1/s1. The maximum atomic E-state index is 12.3. The lowest BCUT2D eigenvalue weighted by molar-refractivity contribution is -0.143. The number of aryl methyl sites for hydroxylation is 1. The molecule has 0 bridgehead atoms. The first-order valence-electron chi connectivity index (χ1n) is 10.8. The van der Waals surface area contributed by atoms with Crippen molar-refractivity contribution in [2.75, 3.05) is 5.32 Å². The SMILES string of the molecule is Cc1noc(-c2ccc(OC3CCCC(C(=O)O)C3)cc2)c1NC(=O)O[C@H](C)C1CC1. The molecule has 31 heavy (non-hydrogen) atoms. The van der Waals surface area contributed by atoms with Crippen molar-refractivity contribution in [2.45, 2.75) is 64.6 Å². The Morgan fingerprint density at radius 1 is 1.19 bits per heavy atom. The quantitative estimate of drug-likeness (QED) is 0.637. The van der Waals surface area contributed by atoms with E-state index in [2.05, 4.69) is 10.5 Å². The summed E-state index contributed by atoms with van der Waals surface area (Å²) < 4.78 is 16.9. The molecule has 2 aliphatic rings. The van der Waals surface area contributed by atoms with Crippen molar-refractivity contribution in [3.63, 3.8) is 0 Å². The van der Waals surface area contributed by atoms with Crippen molar-refractivity contribution in [3.05, 3.63) is 30.0 Å². The second kappa shape index (κ2) is 8.99. The molecule has 0 aliphatic heterocycles. The fraction of sp³-hybridized carbons (Fsp3) is 0.522. The number of aromatic nitrogens is 1. The maximum Gasteiger partial charge on any atom is 0.412 e. The monoisotopic (exact) mass is 428 g/mol. The minimum Gasteiger partial charge on any atom is -0.490 e. The number of hydrogen-bond donors (Lipinski definition) is 2. The van der Waals surface area contributed by atoms with Gasteiger partial charge in [0.25, 0.3) is 0 Å². The number of carbonyl (C=O) groups is 2. The fourth-order valence-corrected chi connectivity index (χ4v) is 4.03. The molecular weight excluding hydrogens is 400 g/mol. The van der Waals surface area contributed by atoms with E-state index >= 15 is 0 Å². The van der Waals surface area contributed by atoms with Crippen molar-refractivity contribution in [3.8, 4) is 17.1 Å². The van der Waals surface area contributed by atoms with Gasteiger partial charge >= 0.3 is 12.1 Å². The van der Waals surface area contributed by atoms with Gasteiger partial charge in [0.1, 0.15) is 23.2 Å². The van der Waals surface area contributed by atoms with Gasteiger partial charge in [-0.1, -0.05) is 5.16 Å². The second-order valence-electron chi connectivity index (χ2n) is 8.51. The van der Waals surface area contributed by atoms with Gasteiger partial charge in [0.05, 0.1) is 12.0 Å². The summed E-state index contributed by atoms with van der Waals surface area (Å²) in [6, 6.07) is 7.29. The second-order valence-corrected chi connectivity index (χ2v) is 8.51. The number of amides is 1. The number of carbonyl (C=O) groups excluding carboxylic acids is 1. The first-order valence-corrected chi connectivity index (χ1v) is 10.8. The smallest absolute Gasteiger partial charge is 0.412 e. The normalized spacial score (nSPS) is 21.9. The topological polar surface area (TPSA) is 111 Å². The number of benzene rings is 1. The molecule has 1 amide bonds. The van der Waals surface area contributed by atoms with Crippen LogP contribution in [0.25, 0.3) is 11.3 Å². The molecule has 8 heteroatoms. The van der Waals surface area contributed by atoms with Crippen LogP contribution in [0.4, 0.5) is 10.5 Å². The summed E-state index contributed by atoms with van der Waals surface area (Å²) in [6.07, 6.45) is 4.39. The van der Waals surface area contributed by atoms with Crippen molar-refractivity contribution in [2.24, 2.45) is 11.8 Å². The Hall–Kier alpha value is -3.03. The number of anilines is 1. The zero-order chi connectivity index (χ0) is 22.0. The Kier molecular flexibility index (Phi) is 6.15. The zero-order valence-corrected chi connectivity index (χ0v) is 17.8. The first-order chi connectivity index (χ1) is 14.9. The van der Waals surface area contributed by atoms with Crippen LogP contribution in [0.3, 0.4) is 0 Å². The number of ether oxygens (including phenoxy) is 2. The Morgan fingerprint density at radius 3 is 2.61 bits per heavy atom. The van der Waals surface area contributed by atoms with Crippen LogP contribution < -0.4 is 10.1 Å². The van der Waals surface area contributed by atoms with E-state index in [0.717, 1.165) is 31.2 Å². The Labute approximate surface area is 180 Å². The van der Waals surface area contributed by atoms with Crippen LogP contribution in [0, 0.1) is 18.8 Å². The molecule has 166 valence electrons. The van der Waals surface area contributed by atoms with Gasteiger partial charge in [0.15, 0.2) is 5.76 Å². The predicted octanol–water partition coefficient (Wildman–Crippen LogP) is 5.02. The van der Waals surface area contributed by atoms with E-state index < -0.39 is 12.1 Å². The van der Waals surface area contributed by atoms with E-state index in [1.54, 1.807) is 6.92 Å². The van der Waals surface area contributed by atoms with E-state index in [9.17, 15) is 14.7 Å². The van der Waals surface area contributed by atoms with Gasteiger partial charge in [0.2, 0.25) is 0 Å². The molecule has 2 N–H and O–H groups in total. The van der Waals surface area contributed by atoms with Gasteiger partial charge in [-0.05, 0) is 82.6 Å². The highest BCUT2D eigenvalue weighted by molar-refractivity contribution is 5.90. The van der Waals surface area contributed by atoms with Crippen molar-refractivity contribution < 1.29 is 28.7 Å². The summed E-state index contributed by atoms with van der Waals surface area (Å²) in [7, 11) is 0. The molecule has 1 aromatic carbocycles. The lowest BCUT2D eigenvalue weighted by Crippen LogP contribution is -2.29. The highest BCUT2D eigenvalue weighted by Gasteiger charge is 2.31. The molecule has 1 heterocycles. The lowest BCUT2D eigenvalue weighted by atomic mass is 9.87. The Balaban J connectivity index is 1.41. The van der Waals surface area contributed by atoms with Crippen LogP contribution in [-0.4, -0.2) is 34.5 Å². The molecule has 0 radical (unpaired) electrons. The molecule has 2 unspecified atom stereocenters. The number of nitrogens with one attached hydrogen (secondary N) is 1. The summed E-state index contributed by atoms with van der Waals surface area (Å²) in [5, 5.41) is 16.0. The van der Waals surface area contributed by atoms with Gasteiger partial charge in [-0.25, -0.2) is 4.79 Å². The first kappa shape index (κ1) is 21.2. The largest absolute Gasteiger partial charge is 0.490 e. The summed E-state index contributed by atoms with van der Waals surface area (Å²) in [6.45, 7) is 3.66. The number of nitrogens with zero attached hydrogens (tertiary/aromatic N) is 1. The van der Waals surface area contributed by atoms with Crippen LogP contribution >= 0.6 is 0 Å². The third-order valence-electron chi connectivity index (χ3n) is 6.06. The highest BCUT2D eigenvalue weighted by Crippen LogP contribution is 2.36. The van der Waals surface area contributed by atoms with Crippen LogP contribution in [0.15, 0.2) is 28.8 Å². The summed E-state index contributed by atoms with van der Waals surface area (Å²) in [5.74, 6) is 0.476. The molecule has 8 nitrogen and oxygen atoms in total. The van der Waals surface area contributed by atoms with Crippen LogP contribution in [0.1, 0.15) is 51.1 Å². The Morgan fingerprint density at radius 2 is 1.94 bits per heavy atom. The van der Waals surface area contributed by atoms with Gasteiger partial charge in [0, 0.05) is 5.56 Å². The summed E-state index contributed by atoms with van der Waals surface area (Å²) in [4.78, 5) is 23.5. The molecular formula is C23H28N2O6. The predicted molar refractivity (Wildman–Crippen MR) is 113 cm³/mol. The van der Waals surface area contributed by atoms with Gasteiger partial charge in [-0.15, -0.1) is 0 Å². The third kappa shape index (κ3) is 5.18. The molecule has 2 aromatic rings. The number of carboxylic acid groups (broad SMARTS) is 1. The molecule has 2 aliphatic carbocycles. The van der Waals surface area contributed by atoms with E-state index in [1.807, 2.05) is 31.2 Å². The van der Waals surface area contributed by atoms with Crippen LogP contribution in [-0.2, 0) is 9.53 Å². The van der Waals surface area contributed by atoms with Crippen molar-refractivity contribution in [1.82, 2.24) is 5.16 Å². The molecule has 3 atom stereocenters. The summed E-state index contributed by atoms with van der Waals surface area (Å²) in [5.41, 5.74) is 1.79. The van der Waals surface area contributed by atoms with Crippen molar-refractivity contribution >= 4 is 17.7 Å². The van der Waals surface area contributed by atoms with Gasteiger partial charge in [-0.2, -0.15) is 0 Å². The molecule has 2 fully saturated rings. The lowest BCUT2D eigenvalue weighted by Gasteiger charge is -2.27. The third-order valence-corrected chi connectivity index (χ3v) is 6.06. The number of hydrogen-bond acceptors (Lipinski definition) is 6. The van der Waals surface area contributed by atoms with E-state index in [1.165, 1.54) is 0 Å². The van der Waals surface area contributed by atoms with Crippen LogP contribution in [0.2, 0.25) is 0 Å². The van der Waals surface area contributed by atoms with Crippen molar-refractivity contribution in [1.29, 1.82) is 0 Å². The average molecular weight is 428 g/mol. The van der Waals surface area contributed by atoms with E-state index in [4.69, 9.17) is 14.0 Å². The van der Waals surface area contributed by atoms with Gasteiger partial charge in [-0.3, -0.25) is 10.1 Å². The number of carboxylic acids is 1. The maximum absolute atomic E-state index is 12.3. The molecule has 4 rings (SSSR count). The van der Waals surface area contributed by atoms with E-state index in [-0.39, 0.29) is 18.1 Å². The number of rotatable bonds is 7.